The summed E-state index contributed by atoms with van der Waals surface area (Å²) in [6.07, 6.45) is 13.0. The van der Waals surface area contributed by atoms with E-state index < -0.39 is 0 Å². The van der Waals surface area contributed by atoms with Gasteiger partial charge in [0.1, 0.15) is 0 Å². The summed E-state index contributed by atoms with van der Waals surface area (Å²) >= 11 is 0. The van der Waals surface area contributed by atoms with Gasteiger partial charge in [0.2, 0.25) is 0 Å². The predicted molar refractivity (Wildman–Crippen MR) is 74.4 cm³/mol. The highest BCUT2D eigenvalue weighted by atomic mass is 16.5. The molecule has 1 saturated heterocycles. The van der Waals surface area contributed by atoms with Crippen molar-refractivity contribution in [1.82, 2.24) is 4.90 Å². The quantitative estimate of drug-likeness (QED) is 0.301. The van der Waals surface area contributed by atoms with Crippen molar-refractivity contribution in [1.29, 1.82) is 0 Å². The van der Waals surface area contributed by atoms with Gasteiger partial charge in [0.15, 0.2) is 0 Å². The van der Waals surface area contributed by atoms with E-state index in [1.807, 2.05) is 19.1 Å². The van der Waals surface area contributed by atoms with Gasteiger partial charge in [-0.2, -0.15) is 0 Å². The Balaban J connectivity index is 1.96. The van der Waals surface area contributed by atoms with Crippen molar-refractivity contribution in [2.75, 3.05) is 26.2 Å². The van der Waals surface area contributed by atoms with E-state index in [1.165, 1.54) is 38.4 Å². The van der Waals surface area contributed by atoms with E-state index in [4.69, 9.17) is 4.74 Å². The lowest BCUT2D eigenvalue weighted by atomic mass is 10.1. The minimum atomic E-state index is -0.244. The molecule has 1 rings (SSSR count). The molecule has 0 aliphatic carbocycles. The van der Waals surface area contributed by atoms with Crippen LogP contribution in [0.4, 0.5) is 0 Å². The molecule has 1 aliphatic heterocycles. The summed E-state index contributed by atoms with van der Waals surface area (Å²) < 4.78 is 5.10. The van der Waals surface area contributed by atoms with Crippen LogP contribution in [0.5, 0.6) is 0 Å². The molecule has 18 heavy (non-hydrogen) atoms. The van der Waals surface area contributed by atoms with E-state index >= 15 is 0 Å². The summed E-state index contributed by atoms with van der Waals surface area (Å²) in [6.45, 7) is 6.08. The molecule has 1 aliphatic rings. The first-order chi connectivity index (χ1) is 8.83. The highest BCUT2D eigenvalue weighted by Gasteiger charge is 2.08. The third-order valence-corrected chi connectivity index (χ3v) is 3.10. The minimum absolute atomic E-state index is 0.244. The second-order valence-corrected chi connectivity index (χ2v) is 4.66. The van der Waals surface area contributed by atoms with Crippen molar-refractivity contribution in [3.63, 3.8) is 0 Å². The van der Waals surface area contributed by atoms with E-state index in [9.17, 15) is 4.79 Å². The van der Waals surface area contributed by atoms with Gasteiger partial charge in [-0.25, -0.2) is 4.79 Å². The van der Waals surface area contributed by atoms with Gasteiger partial charge in [0, 0.05) is 6.08 Å². The smallest absolute Gasteiger partial charge is 0.330 e. The molecule has 3 heteroatoms. The Labute approximate surface area is 110 Å². The van der Waals surface area contributed by atoms with Gasteiger partial charge in [0.05, 0.1) is 6.61 Å². The van der Waals surface area contributed by atoms with E-state index in [-0.39, 0.29) is 5.97 Å². The van der Waals surface area contributed by atoms with Crippen LogP contribution in [0.15, 0.2) is 24.3 Å². The molecule has 0 amide bonds. The lowest BCUT2D eigenvalue weighted by Gasteiger charge is -2.26. The molecule has 102 valence electrons. The SMILES string of the molecule is CC=CC=CC(=O)OCCCCN1CCCCC1. The van der Waals surface area contributed by atoms with Crippen LogP contribution in [0.3, 0.4) is 0 Å². The van der Waals surface area contributed by atoms with Gasteiger partial charge < -0.3 is 9.64 Å². The molecule has 1 fully saturated rings. The Morgan fingerprint density at radius 2 is 1.94 bits per heavy atom. The summed E-state index contributed by atoms with van der Waals surface area (Å²) in [5.74, 6) is -0.244. The molecular weight excluding hydrogens is 226 g/mol. The largest absolute Gasteiger partial charge is 0.463 e. The molecule has 0 unspecified atom stereocenters. The molecule has 0 aromatic rings. The highest BCUT2D eigenvalue weighted by molar-refractivity contribution is 5.82. The number of nitrogens with zero attached hydrogens (tertiary/aromatic N) is 1. The fourth-order valence-electron chi connectivity index (χ4n) is 2.09. The van der Waals surface area contributed by atoms with Crippen molar-refractivity contribution in [2.24, 2.45) is 0 Å². The standard InChI is InChI=1S/C15H25NO2/c1-2-3-5-10-15(17)18-14-9-8-13-16-11-6-4-7-12-16/h2-3,5,10H,4,6-9,11-14H2,1H3. The summed E-state index contributed by atoms with van der Waals surface area (Å²) in [4.78, 5) is 13.7. The number of esters is 1. The Hall–Kier alpha value is -1.09. The van der Waals surface area contributed by atoms with Crippen LogP contribution < -0.4 is 0 Å². The van der Waals surface area contributed by atoms with Crippen LogP contribution in [0.1, 0.15) is 39.0 Å². The monoisotopic (exact) mass is 251 g/mol. The van der Waals surface area contributed by atoms with Gasteiger partial charge in [-0.1, -0.05) is 24.6 Å². The molecule has 0 aromatic carbocycles. The predicted octanol–water partition coefficient (Wildman–Crippen LogP) is 2.93. The van der Waals surface area contributed by atoms with Gasteiger partial charge in [-0.3, -0.25) is 0 Å². The fourth-order valence-corrected chi connectivity index (χ4v) is 2.09. The molecule has 0 radical (unpaired) electrons. The lowest BCUT2D eigenvalue weighted by molar-refractivity contribution is -0.137. The van der Waals surface area contributed by atoms with Crippen LogP contribution in [0, 0.1) is 0 Å². The maximum absolute atomic E-state index is 11.2. The van der Waals surface area contributed by atoms with Crippen LogP contribution in [-0.2, 0) is 9.53 Å². The van der Waals surface area contributed by atoms with Gasteiger partial charge in [0.25, 0.3) is 0 Å². The van der Waals surface area contributed by atoms with Crippen molar-refractivity contribution in [2.45, 2.75) is 39.0 Å². The average molecular weight is 251 g/mol. The van der Waals surface area contributed by atoms with E-state index in [0.29, 0.717) is 6.61 Å². The Morgan fingerprint density at radius 3 is 2.67 bits per heavy atom. The highest BCUT2D eigenvalue weighted by Crippen LogP contribution is 2.09. The number of unbranched alkanes of at least 4 members (excludes halogenated alkanes) is 1. The maximum Gasteiger partial charge on any atom is 0.330 e. The summed E-state index contributed by atoms with van der Waals surface area (Å²) in [6, 6.07) is 0. The molecule has 0 spiro atoms. The number of allylic oxidation sites excluding steroid dienone is 3. The van der Waals surface area contributed by atoms with Crippen LogP contribution >= 0.6 is 0 Å². The number of hydrogen-bond donors (Lipinski definition) is 0. The van der Waals surface area contributed by atoms with Crippen LogP contribution in [0.2, 0.25) is 0 Å². The Kier molecular flexibility index (Phi) is 8.23. The zero-order chi connectivity index (χ0) is 13.1. The number of carbonyl (C=O) groups is 1. The molecule has 0 saturated carbocycles. The summed E-state index contributed by atoms with van der Waals surface area (Å²) in [5.41, 5.74) is 0. The number of likely N-dealkylation sites (tertiary alicyclic amines) is 1. The number of ether oxygens (including phenoxy) is 1. The Morgan fingerprint density at radius 1 is 1.17 bits per heavy atom. The van der Waals surface area contributed by atoms with Crippen molar-refractivity contribution in [3.05, 3.63) is 24.3 Å². The molecule has 0 bridgehead atoms. The second-order valence-electron chi connectivity index (χ2n) is 4.66. The van der Waals surface area contributed by atoms with Crippen molar-refractivity contribution < 1.29 is 9.53 Å². The second kappa shape index (κ2) is 9.89. The van der Waals surface area contributed by atoms with Gasteiger partial charge >= 0.3 is 5.97 Å². The number of hydrogen-bond acceptors (Lipinski definition) is 3. The van der Waals surface area contributed by atoms with Crippen LogP contribution in [0.25, 0.3) is 0 Å². The van der Waals surface area contributed by atoms with E-state index in [2.05, 4.69) is 4.90 Å². The fraction of sp³-hybridized carbons (Fsp3) is 0.667. The summed E-state index contributed by atoms with van der Waals surface area (Å²) in [7, 11) is 0. The van der Waals surface area contributed by atoms with Crippen molar-refractivity contribution in [3.8, 4) is 0 Å². The lowest BCUT2D eigenvalue weighted by Crippen LogP contribution is -2.30. The molecule has 0 N–H and O–H groups in total. The first kappa shape index (κ1) is 15.0. The third kappa shape index (κ3) is 7.28. The first-order valence-corrected chi connectivity index (χ1v) is 7.01. The zero-order valence-corrected chi connectivity index (χ0v) is 11.4. The maximum atomic E-state index is 11.2. The van der Waals surface area contributed by atoms with Gasteiger partial charge in [-0.15, -0.1) is 0 Å². The molecule has 3 nitrogen and oxygen atoms in total. The van der Waals surface area contributed by atoms with E-state index in [1.54, 1.807) is 6.08 Å². The average Bonchev–Trinajstić information content (AvgIpc) is 2.40. The molecule has 0 aromatic heterocycles. The summed E-state index contributed by atoms with van der Waals surface area (Å²) in [5, 5.41) is 0. The van der Waals surface area contributed by atoms with Gasteiger partial charge in [-0.05, 0) is 52.2 Å². The normalized spacial score (nSPS) is 17.6. The first-order valence-electron chi connectivity index (χ1n) is 7.01. The van der Waals surface area contributed by atoms with Crippen LogP contribution in [-0.4, -0.2) is 37.1 Å². The zero-order valence-electron chi connectivity index (χ0n) is 11.4. The molecule has 0 atom stereocenters. The topological polar surface area (TPSA) is 29.5 Å². The van der Waals surface area contributed by atoms with Crippen molar-refractivity contribution >= 4 is 5.97 Å². The molecule has 1 heterocycles. The number of rotatable bonds is 7. The number of piperidine rings is 1. The Bertz CT molecular complexity index is 278. The molecular formula is C15H25NO2. The number of carbonyl (C=O) groups excluding carboxylic acids is 1. The van der Waals surface area contributed by atoms with E-state index in [0.717, 1.165) is 19.4 Å². The minimum Gasteiger partial charge on any atom is -0.463 e. The third-order valence-electron chi connectivity index (χ3n) is 3.10.